The molecule has 0 aliphatic rings. The zero-order chi connectivity index (χ0) is 27.3. The van der Waals surface area contributed by atoms with Gasteiger partial charge in [-0.2, -0.15) is 0 Å². The second-order valence-electron chi connectivity index (χ2n) is 7.42. The molecule has 198 valence electrons. The molecule has 1 unspecified atom stereocenters. The summed E-state index contributed by atoms with van der Waals surface area (Å²) in [4.78, 5) is 18.5. The fraction of sp³-hybridized carbons (Fsp3) is 0.269. The van der Waals surface area contributed by atoms with Crippen LogP contribution in [0.2, 0.25) is 0 Å². The lowest BCUT2D eigenvalue weighted by Crippen LogP contribution is -2.58. The van der Waals surface area contributed by atoms with Crippen molar-refractivity contribution >= 4 is 80.7 Å². The fourth-order valence-electron chi connectivity index (χ4n) is 3.13. The van der Waals surface area contributed by atoms with E-state index in [0.29, 0.717) is 11.2 Å². The number of hydrogen-bond donors (Lipinski definition) is 3. The Morgan fingerprint density at radius 1 is 1.08 bits per heavy atom. The van der Waals surface area contributed by atoms with Crippen LogP contribution in [0.5, 0.6) is 0 Å². The van der Waals surface area contributed by atoms with Crippen molar-refractivity contribution < 1.29 is 9.53 Å². The van der Waals surface area contributed by atoms with Gasteiger partial charge in [-0.25, -0.2) is 0 Å². The molecule has 2 aromatic carbocycles. The second-order valence-corrected chi connectivity index (χ2v) is 10.2. The average Bonchev–Trinajstić information content (AvgIpc) is 2.88. The first-order chi connectivity index (χ1) is 17.7. The summed E-state index contributed by atoms with van der Waals surface area (Å²) in [6.07, 6.45) is 3.56. The quantitative estimate of drug-likeness (QED) is 0.142. The molecule has 0 bridgehead atoms. The van der Waals surface area contributed by atoms with Crippen molar-refractivity contribution in [1.29, 1.82) is 0 Å². The number of carbonyl (C=O) groups is 1. The number of halogens is 3. The van der Waals surface area contributed by atoms with Crippen molar-refractivity contribution in [2.45, 2.75) is 23.8 Å². The molecule has 1 aromatic heterocycles. The minimum atomic E-state index is -1.89. The molecular weight excluding hydrogens is 553 g/mol. The summed E-state index contributed by atoms with van der Waals surface area (Å²) in [6, 6.07) is 18.7. The van der Waals surface area contributed by atoms with Crippen LogP contribution in [-0.4, -0.2) is 45.8 Å². The Morgan fingerprint density at radius 2 is 1.76 bits per heavy atom. The van der Waals surface area contributed by atoms with Crippen molar-refractivity contribution in [3.8, 4) is 0 Å². The van der Waals surface area contributed by atoms with Crippen LogP contribution in [0.25, 0.3) is 17.0 Å². The summed E-state index contributed by atoms with van der Waals surface area (Å²) < 4.78 is 2.94. The first-order valence-electron chi connectivity index (χ1n) is 11.5. The van der Waals surface area contributed by atoms with Crippen LogP contribution in [-0.2, 0) is 9.53 Å². The maximum absolute atomic E-state index is 12.4. The number of nitrogens with two attached hydrogens (primary N) is 1. The second kappa shape index (κ2) is 15.7. The number of benzene rings is 2. The van der Waals surface area contributed by atoms with E-state index < -0.39 is 15.9 Å². The summed E-state index contributed by atoms with van der Waals surface area (Å²) in [5.41, 5.74) is 8.22. The predicted molar refractivity (Wildman–Crippen MR) is 159 cm³/mol. The van der Waals surface area contributed by atoms with Crippen molar-refractivity contribution in [2.24, 2.45) is 5.73 Å². The van der Waals surface area contributed by atoms with Gasteiger partial charge in [-0.05, 0) is 49.8 Å². The number of pyridine rings is 1. The van der Waals surface area contributed by atoms with E-state index >= 15 is 0 Å². The minimum absolute atomic E-state index is 0.0377. The molecule has 0 fully saturated rings. The monoisotopic (exact) mass is 581 g/mol. The number of amides is 1. The predicted octanol–water partition coefficient (Wildman–Crippen LogP) is 5.40. The van der Waals surface area contributed by atoms with E-state index in [0.717, 1.165) is 24.2 Å². The Bertz CT molecular complexity index is 1170. The van der Waals surface area contributed by atoms with Gasteiger partial charge in [0.05, 0.1) is 17.9 Å². The zero-order valence-corrected chi connectivity index (χ0v) is 23.6. The lowest BCUT2D eigenvalue weighted by atomic mass is 10.2. The number of alkyl halides is 3. The fourth-order valence-corrected chi connectivity index (χ4v) is 3.75. The first-order valence-corrected chi connectivity index (χ1v) is 13.0. The normalized spacial score (nSPS) is 11.9. The summed E-state index contributed by atoms with van der Waals surface area (Å²) >= 11 is 23.8. The number of rotatable bonds is 8. The van der Waals surface area contributed by atoms with Gasteiger partial charge in [-0.1, -0.05) is 83.3 Å². The van der Waals surface area contributed by atoms with Gasteiger partial charge in [0.25, 0.3) is 0 Å². The van der Waals surface area contributed by atoms with Crippen LogP contribution in [0.3, 0.4) is 0 Å². The number of hydrogen-bond acceptors (Lipinski definition) is 5. The molecule has 1 atom stereocenters. The number of para-hydroxylation sites is 1. The van der Waals surface area contributed by atoms with Crippen LogP contribution < -0.4 is 21.3 Å². The van der Waals surface area contributed by atoms with Gasteiger partial charge in [0.15, 0.2) is 5.11 Å². The van der Waals surface area contributed by atoms with Crippen LogP contribution >= 0.6 is 47.0 Å². The molecule has 11 heteroatoms. The molecule has 7 nitrogen and oxygen atoms in total. The van der Waals surface area contributed by atoms with Crippen LogP contribution in [0.4, 0.5) is 5.69 Å². The highest BCUT2D eigenvalue weighted by atomic mass is 35.6. The number of anilines is 1. The molecule has 3 rings (SSSR count). The van der Waals surface area contributed by atoms with Crippen molar-refractivity contribution in [2.75, 3.05) is 24.8 Å². The highest BCUT2D eigenvalue weighted by Gasteiger charge is 2.35. The van der Waals surface area contributed by atoms with Gasteiger partial charge >= 0.3 is 0 Å². The average molecular weight is 583 g/mol. The first kappa shape index (κ1) is 30.8. The van der Waals surface area contributed by atoms with Gasteiger partial charge in [-0.3, -0.25) is 9.78 Å². The maximum Gasteiger partial charge on any atom is 0.245 e. The number of thiocarbonyl (C=S) groups is 1. The van der Waals surface area contributed by atoms with Crippen LogP contribution in [0.1, 0.15) is 19.4 Å². The van der Waals surface area contributed by atoms with Gasteiger partial charge in [0.2, 0.25) is 9.70 Å². The van der Waals surface area contributed by atoms with Gasteiger partial charge in [-0.15, -0.1) is 0 Å². The van der Waals surface area contributed by atoms with Gasteiger partial charge < -0.3 is 26.0 Å². The third-order valence-corrected chi connectivity index (χ3v) is 5.84. The Hall–Kier alpha value is -2.46. The lowest BCUT2D eigenvalue weighted by molar-refractivity contribution is -0.117. The lowest BCUT2D eigenvalue weighted by Gasteiger charge is -2.31. The Kier molecular flexibility index (Phi) is 13.1. The smallest absolute Gasteiger partial charge is 0.245 e. The summed E-state index contributed by atoms with van der Waals surface area (Å²) in [7, 11) is 0. The molecule has 4 N–H and O–H groups in total. The van der Waals surface area contributed by atoms with Crippen LogP contribution in [0.15, 0.2) is 72.9 Å². The number of nitrogens with one attached hydrogen (secondary N) is 2. The van der Waals surface area contributed by atoms with E-state index in [1.807, 2.05) is 74.5 Å². The summed E-state index contributed by atoms with van der Waals surface area (Å²) in [5.74, 6) is -0.466. The number of aromatic nitrogens is 1. The topological polar surface area (TPSA) is 92.5 Å². The molecule has 0 radical (unpaired) electrons. The largest absolute Gasteiger partial charge is 0.382 e. The molecule has 37 heavy (non-hydrogen) atoms. The molecule has 0 saturated heterocycles. The molecule has 0 spiro atoms. The van der Waals surface area contributed by atoms with Gasteiger partial charge in [0.1, 0.15) is 6.17 Å². The molecule has 0 aliphatic heterocycles. The molecule has 0 saturated carbocycles. The number of fused-ring (bicyclic) bond motifs is 1. The van der Waals surface area contributed by atoms with E-state index in [-0.39, 0.29) is 11.8 Å². The molecular formula is C26H30Cl3N5O2S. The standard InChI is InChI=1S/C22H20Cl3N5OS.C4H10O/c23-22(24,25)20(28-18(31)12-11-15-6-2-1-3-7-15)29-21(32)30(14-26)17-10-4-8-16-9-5-13-27-19(16)17;1-3-5-4-2/h1-13,20H,14,26H2,(H,28,31)(H,29,32);3-4H2,1-2H3/b12-11+;. The SMILES string of the molecule is CCOCC.NCN(C(=S)NC(NC(=O)/C=C/c1ccccc1)C(Cl)(Cl)Cl)c1cccc2cccnc12. The molecule has 0 aliphatic carbocycles. The van der Waals surface area contributed by atoms with E-state index in [4.69, 9.17) is 57.5 Å². The third-order valence-electron chi connectivity index (χ3n) is 4.85. The maximum atomic E-state index is 12.4. The summed E-state index contributed by atoms with van der Waals surface area (Å²) in [5, 5.41) is 6.59. The molecule has 3 aromatic rings. The highest BCUT2D eigenvalue weighted by molar-refractivity contribution is 7.80. The zero-order valence-electron chi connectivity index (χ0n) is 20.5. The van der Waals surface area contributed by atoms with E-state index in [1.54, 1.807) is 17.2 Å². The minimum Gasteiger partial charge on any atom is -0.382 e. The van der Waals surface area contributed by atoms with Gasteiger partial charge in [0, 0.05) is 30.9 Å². The van der Waals surface area contributed by atoms with E-state index in [2.05, 4.69) is 15.6 Å². The van der Waals surface area contributed by atoms with Crippen molar-refractivity contribution in [3.05, 3.63) is 78.5 Å². The number of ether oxygens (including phenoxy) is 1. The van der Waals surface area contributed by atoms with Crippen molar-refractivity contribution in [1.82, 2.24) is 15.6 Å². The number of carbonyl (C=O) groups excluding carboxylic acids is 1. The van der Waals surface area contributed by atoms with E-state index in [1.165, 1.54) is 6.08 Å². The molecule has 1 heterocycles. The van der Waals surface area contributed by atoms with Crippen LogP contribution in [0, 0.1) is 0 Å². The van der Waals surface area contributed by atoms with Crippen molar-refractivity contribution in [3.63, 3.8) is 0 Å². The summed E-state index contributed by atoms with van der Waals surface area (Å²) in [6.45, 7) is 5.70. The Balaban J connectivity index is 0.000000877. The molecule has 1 amide bonds. The highest BCUT2D eigenvalue weighted by Crippen LogP contribution is 2.30. The third kappa shape index (κ3) is 10.1. The Labute approximate surface area is 237 Å². The number of nitrogens with zero attached hydrogens (tertiary/aromatic N) is 2. The van der Waals surface area contributed by atoms with E-state index in [9.17, 15) is 4.79 Å². The Morgan fingerprint density at radius 3 is 2.35 bits per heavy atom.